The van der Waals surface area contributed by atoms with Crippen molar-refractivity contribution in [2.75, 3.05) is 12.3 Å². The molecule has 29 heavy (non-hydrogen) atoms. The van der Waals surface area contributed by atoms with E-state index in [0.29, 0.717) is 0 Å². The molecule has 13 nitrogen and oxygen atoms in total. The first-order chi connectivity index (χ1) is 13.5. The molecule has 3 amide bonds. The van der Waals surface area contributed by atoms with E-state index in [1.165, 1.54) is 0 Å². The highest BCUT2D eigenvalue weighted by atomic mass is 32.1. The molecule has 8 N–H and O–H groups in total. The summed E-state index contributed by atoms with van der Waals surface area (Å²) in [6.45, 7) is -0.684. The normalized spacial score (nSPS) is 13.4. The quantitative estimate of drug-likeness (QED) is 0.130. The zero-order valence-corrected chi connectivity index (χ0v) is 16.2. The third-order valence-corrected chi connectivity index (χ3v) is 3.88. The molecule has 0 aliphatic heterocycles. The summed E-state index contributed by atoms with van der Waals surface area (Å²) in [6, 6.07) is -3.86. The molecule has 164 valence electrons. The molecule has 14 heteroatoms. The number of nitrogens with one attached hydrogen (secondary N) is 3. The van der Waals surface area contributed by atoms with Gasteiger partial charge in [-0.1, -0.05) is 0 Å². The summed E-state index contributed by atoms with van der Waals surface area (Å²) in [5.41, 5.74) is 5.56. The minimum absolute atomic E-state index is 0.199. The second-order valence-corrected chi connectivity index (χ2v) is 6.25. The molecule has 0 saturated carbocycles. The molecule has 0 aliphatic carbocycles. The number of carbonyl (C=O) groups excluding carboxylic acids is 3. The number of thiol groups is 1. The highest BCUT2D eigenvalue weighted by Crippen LogP contribution is 2.03. The van der Waals surface area contributed by atoms with Gasteiger partial charge in [-0.3, -0.25) is 28.8 Å². The maximum atomic E-state index is 12.4. The van der Waals surface area contributed by atoms with Crippen LogP contribution in [0.4, 0.5) is 0 Å². The Balaban J connectivity index is 5.07. The van der Waals surface area contributed by atoms with Crippen molar-refractivity contribution in [2.24, 2.45) is 5.73 Å². The summed E-state index contributed by atoms with van der Waals surface area (Å²) >= 11 is 3.90. The van der Waals surface area contributed by atoms with Gasteiger partial charge in [0.05, 0.1) is 6.04 Å². The van der Waals surface area contributed by atoms with E-state index in [9.17, 15) is 28.8 Å². The first-order valence-corrected chi connectivity index (χ1v) is 9.01. The maximum absolute atomic E-state index is 12.4. The van der Waals surface area contributed by atoms with Crippen molar-refractivity contribution < 1.29 is 44.1 Å². The molecule has 0 fully saturated rings. The van der Waals surface area contributed by atoms with Crippen molar-refractivity contribution in [3.05, 3.63) is 0 Å². The van der Waals surface area contributed by atoms with Gasteiger partial charge in [0.1, 0.15) is 18.6 Å². The van der Waals surface area contributed by atoms with Crippen LogP contribution >= 0.6 is 12.6 Å². The van der Waals surface area contributed by atoms with E-state index < -0.39 is 66.7 Å². The first kappa shape index (κ1) is 26.1. The number of carboxylic acid groups (broad SMARTS) is 3. The summed E-state index contributed by atoms with van der Waals surface area (Å²) in [5.74, 6) is -6.52. The molecule has 0 radical (unpaired) electrons. The summed E-state index contributed by atoms with van der Waals surface area (Å²) in [6.07, 6.45) is -1.40. The lowest BCUT2D eigenvalue weighted by atomic mass is 10.1. The highest BCUT2D eigenvalue weighted by Gasteiger charge is 2.28. The Labute approximate surface area is 170 Å². The van der Waals surface area contributed by atoms with E-state index >= 15 is 0 Å². The molecule has 0 unspecified atom stereocenters. The minimum Gasteiger partial charge on any atom is -0.481 e. The van der Waals surface area contributed by atoms with E-state index in [1.54, 1.807) is 0 Å². The molecule has 0 heterocycles. The number of hydrogen-bond acceptors (Lipinski definition) is 8. The van der Waals surface area contributed by atoms with Gasteiger partial charge in [0.25, 0.3) is 0 Å². The van der Waals surface area contributed by atoms with Crippen molar-refractivity contribution in [2.45, 2.75) is 43.8 Å². The number of amides is 3. The van der Waals surface area contributed by atoms with E-state index in [0.717, 1.165) is 0 Å². The first-order valence-electron chi connectivity index (χ1n) is 8.38. The van der Waals surface area contributed by atoms with Gasteiger partial charge >= 0.3 is 17.9 Å². The van der Waals surface area contributed by atoms with Crippen molar-refractivity contribution in [3.63, 3.8) is 0 Å². The predicted molar refractivity (Wildman–Crippen MR) is 100 cm³/mol. The van der Waals surface area contributed by atoms with Gasteiger partial charge in [-0.15, -0.1) is 0 Å². The Hall–Kier alpha value is -2.87. The lowest BCUT2D eigenvalue weighted by Crippen LogP contribution is -2.56. The predicted octanol–water partition coefficient (Wildman–Crippen LogP) is -2.86. The van der Waals surface area contributed by atoms with E-state index in [4.69, 9.17) is 21.1 Å². The molecule has 0 rings (SSSR count). The van der Waals surface area contributed by atoms with E-state index in [-0.39, 0.29) is 25.0 Å². The largest absolute Gasteiger partial charge is 0.481 e. The zero-order chi connectivity index (χ0) is 22.6. The second kappa shape index (κ2) is 13.3. The Kier molecular flexibility index (Phi) is 12.0. The Bertz CT molecular complexity index is 643. The Morgan fingerprint density at radius 2 is 1.28 bits per heavy atom. The van der Waals surface area contributed by atoms with Gasteiger partial charge in [-0.25, -0.2) is 0 Å². The van der Waals surface area contributed by atoms with Crippen LogP contribution in [0.25, 0.3) is 0 Å². The molecule has 0 aliphatic rings. The van der Waals surface area contributed by atoms with Crippen LogP contribution in [0.3, 0.4) is 0 Å². The number of carboxylic acids is 3. The van der Waals surface area contributed by atoms with Crippen LogP contribution in [0.15, 0.2) is 0 Å². The van der Waals surface area contributed by atoms with Crippen LogP contribution in [-0.2, 0) is 28.8 Å². The fourth-order valence-corrected chi connectivity index (χ4v) is 2.23. The molecular weight excluding hydrogens is 412 g/mol. The average molecular weight is 436 g/mol. The fraction of sp³-hybridized carbons (Fsp3) is 0.600. The average Bonchev–Trinajstić information content (AvgIpc) is 2.64. The summed E-state index contributed by atoms with van der Waals surface area (Å²) < 4.78 is 0. The summed E-state index contributed by atoms with van der Waals surface area (Å²) in [5, 5.41) is 32.5. The Morgan fingerprint density at radius 3 is 1.76 bits per heavy atom. The van der Waals surface area contributed by atoms with Crippen molar-refractivity contribution in [1.29, 1.82) is 0 Å². The topological polar surface area (TPSA) is 225 Å². The van der Waals surface area contributed by atoms with Crippen LogP contribution in [0.2, 0.25) is 0 Å². The zero-order valence-electron chi connectivity index (χ0n) is 15.3. The maximum Gasteiger partial charge on any atom is 0.322 e. The van der Waals surface area contributed by atoms with Crippen molar-refractivity contribution in [3.8, 4) is 0 Å². The third-order valence-electron chi connectivity index (χ3n) is 3.52. The monoisotopic (exact) mass is 436 g/mol. The Morgan fingerprint density at radius 1 is 0.759 bits per heavy atom. The van der Waals surface area contributed by atoms with Gasteiger partial charge in [-0.05, 0) is 12.8 Å². The third kappa shape index (κ3) is 11.5. The molecule has 0 aromatic heterocycles. The molecule has 0 aromatic carbocycles. The smallest absolute Gasteiger partial charge is 0.322 e. The number of hydrogen-bond donors (Lipinski definition) is 8. The molecule has 0 bridgehead atoms. The number of nitrogens with two attached hydrogens (primary N) is 1. The number of rotatable bonds is 14. The molecule has 0 aromatic rings. The van der Waals surface area contributed by atoms with Gasteiger partial charge < -0.3 is 37.0 Å². The van der Waals surface area contributed by atoms with Gasteiger partial charge in [0.15, 0.2) is 0 Å². The molecule has 0 spiro atoms. The lowest BCUT2D eigenvalue weighted by molar-refractivity contribution is -0.139. The van der Waals surface area contributed by atoms with E-state index in [2.05, 4.69) is 28.6 Å². The van der Waals surface area contributed by atoms with Gasteiger partial charge in [0.2, 0.25) is 17.7 Å². The van der Waals surface area contributed by atoms with Crippen LogP contribution in [0, 0.1) is 0 Å². The number of carbonyl (C=O) groups is 6. The summed E-state index contributed by atoms with van der Waals surface area (Å²) in [4.78, 5) is 68.2. The highest BCUT2D eigenvalue weighted by molar-refractivity contribution is 7.80. The minimum atomic E-state index is -1.37. The van der Waals surface area contributed by atoms with E-state index in [1.807, 2.05) is 0 Å². The van der Waals surface area contributed by atoms with Crippen LogP contribution in [0.5, 0.6) is 0 Å². The molecule has 0 saturated heterocycles. The van der Waals surface area contributed by atoms with Gasteiger partial charge in [0, 0.05) is 18.6 Å². The fourth-order valence-electron chi connectivity index (χ4n) is 1.98. The van der Waals surface area contributed by atoms with Crippen LogP contribution < -0.4 is 21.7 Å². The van der Waals surface area contributed by atoms with Crippen molar-refractivity contribution >= 4 is 48.3 Å². The van der Waals surface area contributed by atoms with Crippen molar-refractivity contribution in [1.82, 2.24) is 16.0 Å². The van der Waals surface area contributed by atoms with Crippen LogP contribution in [0.1, 0.15) is 25.7 Å². The molecular formula is C15H24N4O9S. The lowest BCUT2D eigenvalue weighted by Gasteiger charge is -2.23. The van der Waals surface area contributed by atoms with Crippen LogP contribution in [-0.4, -0.2) is 81.4 Å². The number of aliphatic carboxylic acids is 3. The standard InChI is InChI=1S/C15H24N4O9S/c16-7(1-3-10(20)21)13(26)18-8(2-4-11(22)23)15(28)19-9(6-29)14(27)17-5-12(24)25/h7-9,29H,1-6,16H2,(H,17,27)(H,18,26)(H,19,28)(H,20,21)(H,22,23)(H,24,25)/t7-,8-,9-/m0/s1. The second-order valence-electron chi connectivity index (χ2n) is 5.89. The van der Waals surface area contributed by atoms with Gasteiger partial charge in [-0.2, -0.15) is 12.6 Å². The molecule has 3 atom stereocenters. The SMILES string of the molecule is N[C@@H](CCC(=O)O)C(=O)N[C@@H](CCC(=O)O)C(=O)N[C@@H](CS)C(=O)NCC(=O)O. The summed E-state index contributed by atoms with van der Waals surface area (Å²) in [7, 11) is 0.